The molecule has 0 aliphatic carbocycles. The van der Waals surface area contributed by atoms with E-state index in [9.17, 15) is 19.3 Å². The number of ether oxygens (including phenoxy) is 1. The predicted octanol–water partition coefficient (Wildman–Crippen LogP) is 3.38. The van der Waals surface area contributed by atoms with Crippen LogP contribution in [0.25, 0.3) is 0 Å². The lowest BCUT2D eigenvalue weighted by Crippen LogP contribution is -2.04. The molecule has 0 radical (unpaired) electrons. The monoisotopic (exact) mass is 356 g/mol. The van der Waals surface area contributed by atoms with Crippen LogP contribution in [0.3, 0.4) is 0 Å². The van der Waals surface area contributed by atoms with Gasteiger partial charge in [-0.15, -0.1) is 0 Å². The molecule has 0 fully saturated rings. The largest absolute Gasteiger partial charge is 0.477 e. The van der Waals surface area contributed by atoms with E-state index in [-0.39, 0.29) is 5.75 Å². The second kappa shape index (κ2) is 5.83. The number of carbonyl (C=O) groups is 1. The van der Waals surface area contributed by atoms with Crippen molar-refractivity contribution in [3.8, 4) is 11.6 Å². The molecular formula is C12H6BrFN2O5. The van der Waals surface area contributed by atoms with Crippen molar-refractivity contribution in [2.75, 3.05) is 0 Å². The maximum Gasteiger partial charge on any atom is 0.341 e. The van der Waals surface area contributed by atoms with E-state index < -0.39 is 33.8 Å². The summed E-state index contributed by atoms with van der Waals surface area (Å²) in [7, 11) is 0. The van der Waals surface area contributed by atoms with E-state index in [1.54, 1.807) is 0 Å². The predicted molar refractivity (Wildman–Crippen MR) is 72.0 cm³/mol. The molecular weight excluding hydrogens is 351 g/mol. The van der Waals surface area contributed by atoms with Crippen molar-refractivity contribution in [1.82, 2.24) is 4.98 Å². The molecule has 0 saturated carbocycles. The molecule has 1 heterocycles. The summed E-state index contributed by atoms with van der Waals surface area (Å²) >= 11 is 3.06. The summed E-state index contributed by atoms with van der Waals surface area (Å²) in [5.74, 6) is -2.89. The number of pyridine rings is 1. The molecule has 1 aromatic carbocycles. The Morgan fingerprint density at radius 3 is 2.71 bits per heavy atom. The van der Waals surface area contributed by atoms with Gasteiger partial charge >= 0.3 is 5.97 Å². The van der Waals surface area contributed by atoms with Crippen molar-refractivity contribution in [3.05, 3.63) is 56.4 Å². The van der Waals surface area contributed by atoms with Crippen molar-refractivity contribution in [2.45, 2.75) is 0 Å². The van der Waals surface area contributed by atoms with E-state index in [4.69, 9.17) is 9.84 Å². The normalized spacial score (nSPS) is 10.2. The van der Waals surface area contributed by atoms with Crippen LogP contribution in [0.1, 0.15) is 10.4 Å². The fourth-order valence-corrected chi connectivity index (χ4v) is 1.77. The first-order chi connectivity index (χ1) is 9.88. The number of rotatable bonds is 4. The molecule has 0 saturated heterocycles. The maximum absolute atomic E-state index is 13.6. The van der Waals surface area contributed by atoms with Gasteiger partial charge in [0.05, 0.1) is 4.92 Å². The first kappa shape index (κ1) is 14.9. The number of carboxylic acids is 1. The average Bonchev–Trinajstić information content (AvgIpc) is 2.41. The van der Waals surface area contributed by atoms with Gasteiger partial charge in [-0.05, 0) is 18.2 Å². The third kappa shape index (κ3) is 3.31. The van der Waals surface area contributed by atoms with Crippen LogP contribution in [0, 0.1) is 15.9 Å². The fourth-order valence-electron chi connectivity index (χ4n) is 1.44. The summed E-state index contributed by atoms with van der Waals surface area (Å²) in [6, 6.07) is 4.68. The molecule has 1 N–H and O–H groups in total. The van der Waals surface area contributed by atoms with Crippen molar-refractivity contribution in [2.24, 2.45) is 0 Å². The van der Waals surface area contributed by atoms with E-state index in [0.29, 0.717) is 4.47 Å². The number of hydrogen-bond donors (Lipinski definition) is 1. The van der Waals surface area contributed by atoms with Crippen molar-refractivity contribution in [3.63, 3.8) is 0 Å². The Kier molecular flexibility index (Phi) is 4.13. The first-order valence-electron chi connectivity index (χ1n) is 5.39. The molecule has 2 rings (SSSR count). The quantitative estimate of drug-likeness (QED) is 0.665. The van der Waals surface area contributed by atoms with Crippen LogP contribution in [0.4, 0.5) is 10.1 Å². The standard InChI is InChI=1S/C12H6BrFN2O5/c13-6-1-2-10(9(14)3-6)21-11-8(12(17)18)4-7(5-15-11)16(19)20/h1-5H,(H,17,18). The zero-order valence-electron chi connectivity index (χ0n) is 10.1. The molecule has 108 valence electrons. The Hall–Kier alpha value is -2.55. The van der Waals surface area contributed by atoms with Gasteiger partial charge < -0.3 is 9.84 Å². The van der Waals surface area contributed by atoms with Gasteiger partial charge in [-0.3, -0.25) is 10.1 Å². The topological polar surface area (TPSA) is 103 Å². The molecule has 0 unspecified atom stereocenters. The number of aromatic carboxylic acids is 1. The van der Waals surface area contributed by atoms with Gasteiger partial charge in [0.15, 0.2) is 11.6 Å². The minimum Gasteiger partial charge on any atom is -0.477 e. The molecule has 1 aromatic heterocycles. The van der Waals surface area contributed by atoms with Gasteiger partial charge in [0.2, 0.25) is 5.88 Å². The number of nitro groups is 1. The zero-order chi connectivity index (χ0) is 15.6. The van der Waals surface area contributed by atoms with Gasteiger partial charge in [-0.1, -0.05) is 15.9 Å². The van der Waals surface area contributed by atoms with E-state index in [0.717, 1.165) is 18.3 Å². The highest BCUT2D eigenvalue weighted by atomic mass is 79.9. The lowest BCUT2D eigenvalue weighted by atomic mass is 10.2. The number of hydrogen-bond acceptors (Lipinski definition) is 5. The van der Waals surface area contributed by atoms with E-state index in [1.165, 1.54) is 12.1 Å². The van der Waals surface area contributed by atoms with Crippen molar-refractivity contribution < 1.29 is 24.0 Å². The highest BCUT2D eigenvalue weighted by Gasteiger charge is 2.20. The Balaban J connectivity index is 2.44. The van der Waals surface area contributed by atoms with E-state index >= 15 is 0 Å². The maximum atomic E-state index is 13.6. The number of carboxylic acid groups (broad SMARTS) is 1. The fraction of sp³-hybridized carbons (Fsp3) is 0. The van der Waals surface area contributed by atoms with Gasteiger partial charge in [-0.25, -0.2) is 14.2 Å². The molecule has 2 aromatic rings. The van der Waals surface area contributed by atoms with Crippen LogP contribution in [0.15, 0.2) is 34.9 Å². The minimum absolute atomic E-state index is 0.248. The van der Waals surface area contributed by atoms with Crippen molar-refractivity contribution in [1.29, 1.82) is 0 Å². The number of nitrogens with zero attached hydrogens (tertiary/aromatic N) is 2. The zero-order valence-corrected chi connectivity index (χ0v) is 11.7. The molecule has 9 heteroatoms. The summed E-state index contributed by atoms with van der Waals surface area (Å²) in [5.41, 5.74) is -1.04. The third-order valence-corrected chi connectivity index (χ3v) is 2.87. The van der Waals surface area contributed by atoms with Gasteiger partial charge in [-0.2, -0.15) is 0 Å². The van der Waals surface area contributed by atoms with Gasteiger partial charge in [0, 0.05) is 10.5 Å². The van der Waals surface area contributed by atoms with E-state index in [1.807, 2.05) is 0 Å². The van der Waals surface area contributed by atoms with Crippen molar-refractivity contribution >= 4 is 27.6 Å². The molecule has 0 bridgehead atoms. The second-order valence-corrected chi connectivity index (χ2v) is 4.70. The SMILES string of the molecule is O=C(O)c1cc([N+](=O)[O-])cnc1Oc1ccc(Br)cc1F. The lowest BCUT2D eigenvalue weighted by Gasteiger charge is -2.08. The number of halogens is 2. The molecule has 0 spiro atoms. The van der Waals surface area contributed by atoms with Crippen LogP contribution < -0.4 is 4.74 Å². The minimum atomic E-state index is -1.47. The second-order valence-electron chi connectivity index (χ2n) is 3.79. The molecule has 0 amide bonds. The van der Waals surface area contributed by atoms with E-state index in [2.05, 4.69) is 20.9 Å². The van der Waals surface area contributed by atoms with Crippen LogP contribution in [0.5, 0.6) is 11.6 Å². The summed E-state index contributed by atoms with van der Waals surface area (Å²) in [4.78, 5) is 24.5. The third-order valence-electron chi connectivity index (χ3n) is 2.38. The van der Waals surface area contributed by atoms with Crippen LogP contribution >= 0.6 is 15.9 Å². The average molecular weight is 357 g/mol. The highest BCUT2D eigenvalue weighted by molar-refractivity contribution is 9.10. The molecule has 0 atom stereocenters. The molecule has 21 heavy (non-hydrogen) atoms. The molecule has 0 aliphatic rings. The number of benzene rings is 1. The molecule has 0 aliphatic heterocycles. The van der Waals surface area contributed by atoms with Crippen LogP contribution in [-0.2, 0) is 0 Å². The lowest BCUT2D eigenvalue weighted by molar-refractivity contribution is -0.385. The van der Waals surface area contributed by atoms with Crippen LogP contribution in [0.2, 0.25) is 0 Å². The first-order valence-corrected chi connectivity index (χ1v) is 6.18. The summed E-state index contributed by atoms with van der Waals surface area (Å²) in [5, 5.41) is 19.6. The highest BCUT2D eigenvalue weighted by Crippen LogP contribution is 2.29. The summed E-state index contributed by atoms with van der Waals surface area (Å²) in [6.45, 7) is 0. The Labute approximate surface area is 125 Å². The Morgan fingerprint density at radius 2 is 2.14 bits per heavy atom. The van der Waals surface area contributed by atoms with Gasteiger partial charge in [0.25, 0.3) is 5.69 Å². The Bertz CT molecular complexity index is 738. The Morgan fingerprint density at radius 1 is 1.43 bits per heavy atom. The number of aromatic nitrogens is 1. The summed E-state index contributed by atoms with van der Waals surface area (Å²) < 4.78 is 19.2. The molecule has 7 nitrogen and oxygen atoms in total. The smallest absolute Gasteiger partial charge is 0.341 e. The van der Waals surface area contributed by atoms with Crippen LogP contribution in [-0.4, -0.2) is 21.0 Å². The summed E-state index contributed by atoms with van der Waals surface area (Å²) in [6.07, 6.45) is 0.832. The van der Waals surface area contributed by atoms with Gasteiger partial charge in [0.1, 0.15) is 11.8 Å².